The van der Waals surface area contributed by atoms with Crippen LogP contribution in [0, 0.1) is 5.92 Å². The summed E-state index contributed by atoms with van der Waals surface area (Å²) in [4.78, 5) is 14.0. The van der Waals surface area contributed by atoms with Gasteiger partial charge in [0.2, 0.25) is 5.91 Å². The minimum absolute atomic E-state index is 0.0463. The van der Waals surface area contributed by atoms with Gasteiger partial charge in [-0.05, 0) is 31.6 Å². The lowest BCUT2D eigenvalue weighted by atomic mass is 10.2. The molecule has 6 heteroatoms. The van der Waals surface area contributed by atoms with Crippen molar-refractivity contribution in [3.05, 3.63) is 5.82 Å². The van der Waals surface area contributed by atoms with Gasteiger partial charge < -0.3 is 4.90 Å². The van der Waals surface area contributed by atoms with Gasteiger partial charge in [-0.15, -0.1) is 10.2 Å². The van der Waals surface area contributed by atoms with E-state index in [1.54, 1.807) is 0 Å². The highest BCUT2D eigenvalue weighted by Gasteiger charge is 2.35. The van der Waals surface area contributed by atoms with Gasteiger partial charge in [-0.2, -0.15) is 5.21 Å². The van der Waals surface area contributed by atoms with Gasteiger partial charge in [0.1, 0.15) is 0 Å². The Balaban J connectivity index is 1.70. The normalized spacial score (nSPS) is 25.0. The average molecular weight is 221 g/mol. The van der Waals surface area contributed by atoms with Crippen LogP contribution in [0.2, 0.25) is 0 Å². The number of hydrogen-bond donors (Lipinski definition) is 1. The Hall–Kier alpha value is -1.46. The molecule has 1 saturated heterocycles. The second kappa shape index (κ2) is 3.84. The van der Waals surface area contributed by atoms with Crippen LogP contribution in [0.4, 0.5) is 0 Å². The van der Waals surface area contributed by atoms with Crippen LogP contribution in [0.5, 0.6) is 0 Å². The molecule has 2 aliphatic rings. The molecule has 1 amide bonds. The Morgan fingerprint density at radius 1 is 1.44 bits per heavy atom. The lowest BCUT2D eigenvalue weighted by molar-refractivity contribution is -0.132. The van der Waals surface area contributed by atoms with Crippen molar-refractivity contribution in [1.82, 2.24) is 25.5 Å². The van der Waals surface area contributed by atoms with Crippen LogP contribution in [0.15, 0.2) is 0 Å². The molecule has 0 unspecified atom stereocenters. The molecule has 1 aliphatic heterocycles. The molecule has 2 heterocycles. The molecular formula is C10H15N5O. The molecule has 1 aromatic rings. The zero-order valence-corrected chi connectivity index (χ0v) is 9.09. The summed E-state index contributed by atoms with van der Waals surface area (Å²) in [7, 11) is 0. The zero-order valence-electron chi connectivity index (χ0n) is 9.09. The van der Waals surface area contributed by atoms with Crippen molar-refractivity contribution in [3.8, 4) is 0 Å². The summed E-state index contributed by atoms with van der Waals surface area (Å²) in [5.74, 6) is 1.55. The van der Waals surface area contributed by atoms with E-state index in [2.05, 4.69) is 20.6 Å². The fraction of sp³-hybridized carbons (Fsp3) is 0.800. The third-order valence-corrected chi connectivity index (χ3v) is 3.39. The first-order valence-electron chi connectivity index (χ1n) is 5.87. The highest BCUT2D eigenvalue weighted by Crippen LogP contribution is 2.36. The second-order valence-corrected chi connectivity index (χ2v) is 4.66. The quantitative estimate of drug-likeness (QED) is 0.813. The van der Waals surface area contributed by atoms with Crippen molar-refractivity contribution in [3.63, 3.8) is 0 Å². The van der Waals surface area contributed by atoms with Gasteiger partial charge in [-0.3, -0.25) is 4.79 Å². The number of carbonyl (C=O) groups excluding carboxylic acids is 1. The summed E-state index contributed by atoms with van der Waals surface area (Å²) in [6.07, 6.45) is 5.12. The van der Waals surface area contributed by atoms with Gasteiger partial charge in [-0.25, -0.2) is 0 Å². The van der Waals surface area contributed by atoms with Crippen molar-refractivity contribution < 1.29 is 4.79 Å². The van der Waals surface area contributed by atoms with Gasteiger partial charge in [0.05, 0.1) is 6.04 Å². The van der Waals surface area contributed by atoms with Crippen LogP contribution in [0.25, 0.3) is 0 Å². The Labute approximate surface area is 93.4 Å². The maximum Gasteiger partial charge on any atom is 0.223 e. The summed E-state index contributed by atoms with van der Waals surface area (Å²) in [5, 5.41) is 14.0. The molecular weight excluding hydrogens is 206 g/mol. The number of amides is 1. The smallest absolute Gasteiger partial charge is 0.223 e. The van der Waals surface area contributed by atoms with Gasteiger partial charge in [-0.1, -0.05) is 5.21 Å². The Kier molecular flexibility index (Phi) is 2.34. The molecule has 1 atom stereocenters. The molecule has 1 saturated carbocycles. The highest BCUT2D eigenvalue weighted by atomic mass is 16.2. The van der Waals surface area contributed by atoms with Crippen molar-refractivity contribution >= 4 is 5.91 Å². The number of nitrogens with one attached hydrogen (secondary N) is 1. The van der Waals surface area contributed by atoms with E-state index >= 15 is 0 Å². The van der Waals surface area contributed by atoms with Crippen LogP contribution in [-0.2, 0) is 4.79 Å². The molecule has 0 spiro atoms. The van der Waals surface area contributed by atoms with E-state index in [9.17, 15) is 4.79 Å². The van der Waals surface area contributed by atoms with E-state index < -0.39 is 0 Å². The van der Waals surface area contributed by atoms with Crippen LogP contribution in [0.3, 0.4) is 0 Å². The molecule has 0 bridgehead atoms. The summed E-state index contributed by atoms with van der Waals surface area (Å²) >= 11 is 0. The van der Waals surface area contributed by atoms with Crippen molar-refractivity contribution in [2.45, 2.75) is 38.1 Å². The summed E-state index contributed by atoms with van der Waals surface area (Å²) in [6.45, 7) is 0.838. The topological polar surface area (TPSA) is 74.8 Å². The van der Waals surface area contributed by atoms with Crippen LogP contribution < -0.4 is 0 Å². The van der Waals surface area contributed by atoms with Crippen LogP contribution in [-0.4, -0.2) is 38.0 Å². The molecule has 6 nitrogen and oxygen atoms in total. The van der Waals surface area contributed by atoms with Gasteiger partial charge in [0.25, 0.3) is 0 Å². The number of rotatable bonds is 3. The van der Waals surface area contributed by atoms with E-state index in [-0.39, 0.29) is 11.9 Å². The molecule has 1 N–H and O–H groups in total. The minimum atomic E-state index is 0.0463. The zero-order chi connectivity index (χ0) is 11.0. The molecule has 3 rings (SSSR count). The van der Waals surface area contributed by atoms with E-state index in [1.807, 2.05) is 4.90 Å². The van der Waals surface area contributed by atoms with Gasteiger partial charge in [0.15, 0.2) is 5.82 Å². The number of hydrogen-bond acceptors (Lipinski definition) is 4. The first-order valence-corrected chi connectivity index (χ1v) is 5.87. The predicted octanol–water partition coefficient (Wildman–Crippen LogP) is 0.663. The molecule has 1 aliphatic carbocycles. The third kappa shape index (κ3) is 1.79. The van der Waals surface area contributed by atoms with E-state index in [0.717, 1.165) is 19.4 Å². The van der Waals surface area contributed by atoms with Crippen molar-refractivity contribution in [2.75, 3.05) is 6.54 Å². The number of nitrogens with zero attached hydrogens (tertiary/aromatic N) is 4. The molecule has 86 valence electrons. The molecule has 1 aromatic heterocycles. The first-order chi connectivity index (χ1) is 7.84. The van der Waals surface area contributed by atoms with E-state index in [0.29, 0.717) is 18.2 Å². The van der Waals surface area contributed by atoms with Crippen molar-refractivity contribution in [2.24, 2.45) is 5.92 Å². The number of aromatic nitrogens is 4. The van der Waals surface area contributed by atoms with E-state index in [4.69, 9.17) is 0 Å². The molecule has 0 aromatic carbocycles. The first kappa shape index (κ1) is 9.74. The Morgan fingerprint density at radius 2 is 2.31 bits per heavy atom. The predicted molar refractivity (Wildman–Crippen MR) is 55.2 cm³/mol. The number of carbonyl (C=O) groups is 1. The standard InChI is InChI=1S/C10H15N5O/c16-9(6-7-3-4-7)15-5-1-2-8(15)10-11-13-14-12-10/h7-8H,1-6H2,(H,11,12,13,14)/t8-/m1/s1. The number of H-pyrrole nitrogens is 1. The van der Waals surface area contributed by atoms with Crippen LogP contribution in [0.1, 0.15) is 44.0 Å². The maximum atomic E-state index is 12.0. The molecule has 16 heavy (non-hydrogen) atoms. The number of likely N-dealkylation sites (tertiary alicyclic amines) is 1. The Morgan fingerprint density at radius 3 is 3.00 bits per heavy atom. The summed E-state index contributed by atoms with van der Waals surface area (Å²) in [6, 6.07) is 0.0463. The fourth-order valence-electron chi connectivity index (χ4n) is 2.33. The summed E-state index contributed by atoms with van der Waals surface area (Å²) in [5.41, 5.74) is 0. The lowest BCUT2D eigenvalue weighted by Gasteiger charge is -2.22. The number of tetrazole rings is 1. The lowest BCUT2D eigenvalue weighted by Crippen LogP contribution is -2.31. The van der Waals surface area contributed by atoms with Gasteiger partial charge >= 0.3 is 0 Å². The van der Waals surface area contributed by atoms with Crippen molar-refractivity contribution in [1.29, 1.82) is 0 Å². The summed E-state index contributed by atoms with van der Waals surface area (Å²) < 4.78 is 0. The molecule has 0 radical (unpaired) electrons. The Bertz CT molecular complexity index is 373. The highest BCUT2D eigenvalue weighted by molar-refractivity contribution is 5.77. The SMILES string of the molecule is O=C(CC1CC1)N1CCC[C@@H]1c1nn[nH]n1. The second-order valence-electron chi connectivity index (χ2n) is 4.66. The largest absolute Gasteiger partial charge is 0.332 e. The third-order valence-electron chi connectivity index (χ3n) is 3.39. The van der Waals surface area contributed by atoms with Crippen LogP contribution >= 0.6 is 0 Å². The maximum absolute atomic E-state index is 12.0. The van der Waals surface area contributed by atoms with Gasteiger partial charge in [0, 0.05) is 13.0 Å². The minimum Gasteiger partial charge on any atom is -0.332 e. The fourth-order valence-corrected chi connectivity index (χ4v) is 2.33. The molecule has 2 fully saturated rings. The number of aromatic amines is 1. The monoisotopic (exact) mass is 221 g/mol. The average Bonchev–Trinajstić information content (AvgIpc) is 2.84. The van der Waals surface area contributed by atoms with E-state index in [1.165, 1.54) is 12.8 Å².